The van der Waals surface area contributed by atoms with Gasteiger partial charge >= 0.3 is 22.3 Å². The van der Waals surface area contributed by atoms with Crippen LogP contribution in [0.2, 0.25) is 0 Å². The minimum Gasteiger partial charge on any atom is -0.459 e. The molecule has 0 aromatic carbocycles. The number of hydrogen-bond acceptors (Lipinski definition) is 18. The van der Waals surface area contributed by atoms with Crippen molar-refractivity contribution in [1.29, 1.82) is 0 Å². The zero-order chi connectivity index (χ0) is 55.6. The first-order chi connectivity index (χ1) is 34.0. The molecule has 3 rings (SSSR count). The molecule has 3 aliphatic heterocycles. The summed E-state index contributed by atoms with van der Waals surface area (Å²) in [6.07, 6.45) is 3.18. The van der Waals surface area contributed by atoms with E-state index in [0.29, 0.717) is 12.8 Å². The van der Waals surface area contributed by atoms with E-state index in [2.05, 4.69) is 11.1 Å². The van der Waals surface area contributed by atoms with Crippen molar-refractivity contribution in [3.63, 3.8) is 0 Å². The van der Waals surface area contributed by atoms with Crippen molar-refractivity contribution in [2.45, 2.75) is 264 Å². The van der Waals surface area contributed by atoms with Gasteiger partial charge in [0.2, 0.25) is 0 Å². The monoisotopic (exact) mass is 1070 g/mol. The van der Waals surface area contributed by atoms with Gasteiger partial charge in [-0.3, -0.25) is 18.9 Å². The van der Waals surface area contributed by atoms with E-state index in [0.717, 1.165) is 12.8 Å². The van der Waals surface area contributed by atoms with E-state index in [9.17, 15) is 38.1 Å². The lowest BCUT2D eigenvalue weighted by molar-refractivity contribution is -0.320. The van der Waals surface area contributed by atoms with Gasteiger partial charge in [0.1, 0.15) is 23.6 Å². The fourth-order valence-electron chi connectivity index (χ4n) is 10.7. The maximum absolute atomic E-state index is 14.3. The van der Waals surface area contributed by atoms with E-state index in [1.165, 1.54) is 66.1 Å². The standard InChI is InChI=1S/C41H73NO14.C12H26O4S/c1-16-28-41(11,48)34(45)23(5)31(44)21(3)19-40(10,50-15)36(56-38-33(54-29(43)17-2)27(42(12)13)18-22(4)51-38)24(6)32(25(7)37(47)53-28)55-30-20-39(9,49-14)35(46)26(8)52-30;1-2-3-4-5-6-7-8-9-10-11-12-16-17(13,14)15/h21-28,30,32-36,38,45-46,48H,16-20H2,1-15H3;2-12H2,1H3,(H,13,14,15)/t21-,22?,23?,24?,25-,26?,27?,28-,30?,32+,33?,34-,35?,36-,38?,39?,40-,41-;/m1./s1. The highest BCUT2D eigenvalue weighted by molar-refractivity contribution is 7.80. The van der Waals surface area contributed by atoms with Crippen molar-refractivity contribution in [3.8, 4) is 0 Å². The van der Waals surface area contributed by atoms with Crippen LogP contribution in [0.3, 0.4) is 0 Å². The summed E-state index contributed by atoms with van der Waals surface area (Å²) < 4.78 is 83.6. The van der Waals surface area contributed by atoms with Crippen LogP contribution in [-0.2, 0) is 66.9 Å². The van der Waals surface area contributed by atoms with Crippen molar-refractivity contribution in [2.24, 2.45) is 23.7 Å². The Morgan fingerprint density at radius 3 is 1.84 bits per heavy atom. The Balaban J connectivity index is 0.000000912. The van der Waals surface area contributed by atoms with Crippen LogP contribution in [0, 0.1) is 23.7 Å². The topological polar surface area (TPSA) is 253 Å². The van der Waals surface area contributed by atoms with Crippen LogP contribution < -0.4 is 0 Å². The second kappa shape index (κ2) is 30.9. The number of likely N-dealkylation sites (N-methyl/N-ethyl adjacent to an activating group) is 1. The maximum atomic E-state index is 14.3. The molecule has 0 saturated carbocycles. The summed E-state index contributed by atoms with van der Waals surface area (Å²) in [5, 5.41) is 34.2. The zero-order valence-electron chi connectivity index (χ0n) is 47.3. The number of hydrogen-bond donors (Lipinski definition) is 4. The average molecular weight is 1070 g/mol. The first kappa shape index (κ1) is 67.2. The number of nitrogens with zero attached hydrogens (tertiary/aromatic N) is 1. The first-order valence-electron chi connectivity index (χ1n) is 27.0. The summed E-state index contributed by atoms with van der Waals surface area (Å²) in [4.78, 5) is 43.3. The lowest BCUT2D eigenvalue weighted by Gasteiger charge is -2.50. The van der Waals surface area contributed by atoms with Crippen LogP contribution in [0.5, 0.6) is 0 Å². The summed E-state index contributed by atoms with van der Waals surface area (Å²) in [6, 6.07) is -0.278. The SMILES string of the molecule is CCC(=O)OC1C(O[C@@H]2C(C)[C@H](OC3CC(C)(OC)C(O)C(C)O3)[C@@H](C)C(=O)O[C@H](CC)[C@@](C)(O)[C@H](O)C(C)C(=O)[C@H](C)C[C@@]2(C)OC)OC(C)CC1N(C)C.CCCCCCCCCCCCOS(=O)(=O)O. The van der Waals surface area contributed by atoms with Gasteiger partial charge < -0.3 is 58.1 Å². The van der Waals surface area contributed by atoms with E-state index >= 15 is 0 Å². The molecule has 0 aliphatic carbocycles. The minimum atomic E-state index is -4.23. The highest BCUT2D eigenvalue weighted by Crippen LogP contribution is 2.42. The summed E-state index contributed by atoms with van der Waals surface area (Å²) in [5.41, 5.74) is -4.33. The van der Waals surface area contributed by atoms with Crippen LogP contribution in [0.4, 0.5) is 0 Å². The number of unbranched alkanes of at least 4 members (excludes halogenated alkanes) is 9. The lowest BCUT2D eigenvalue weighted by atomic mass is 9.74. The van der Waals surface area contributed by atoms with Crippen LogP contribution >= 0.6 is 0 Å². The Bertz CT molecular complexity index is 1750. The summed E-state index contributed by atoms with van der Waals surface area (Å²) in [5.74, 6) is -5.05. The molecule has 0 aromatic rings. The van der Waals surface area contributed by atoms with E-state index in [1.54, 1.807) is 55.4 Å². The molecule has 73 heavy (non-hydrogen) atoms. The first-order valence-corrected chi connectivity index (χ1v) is 28.4. The second-order valence-corrected chi connectivity index (χ2v) is 23.0. The number of carbonyl (C=O) groups excluding carboxylic acids is 3. The van der Waals surface area contributed by atoms with Crippen molar-refractivity contribution in [2.75, 3.05) is 34.9 Å². The van der Waals surface area contributed by atoms with Crippen LogP contribution in [0.15, 0.2) is 0 Å². The number of cyclic esters (lactones) is 1. The third-order valence-corrected chi connectivity index (χ3v) is 16.0. The molecule has 0 bridgehead atoms. The largest absolute Gasteiger partial charge is 0.459 e. The molecule has 0 radical (unpaired) electrons. The minimum absolute atomic E-state index is 0.0863. The van der Waals surface area contributed by atoms with Gasteiger partial charge in [0.25, 0.3) is 0 Å². The Kier molecular flexibility index (Phi) is 28.4. The quantitative estimate of drug-likeness (QED) is 0.0478. The van der Waals surface area contributed by atoms with Crippen molar-refractivity contribution < 1.29 is 84.8 Å². The molecule has 0 aromatic heterocycles. The van der Waals surface area contributed by atoms with E-state index in [-0.39, 0.29) is 50.2 Å². The van der Waals surface area contributed by atoms with Crippen molar-refractivity contribution >= 4 is 28.1 Å². The Morgan fingerprint density at radius 1 is 0.767 bits per heavy atom. The van der Waals surface area contributed by atoms with Crippen LogP contribution in [0.25, 0.3) is 0 Å². The Labute approximate surface area is 438 Å². The fraction of sp³-hybridized carbons (Fsp3) is 0.943. The van der Waals surface area contributed by atoms with Gasteiger partial charge in [0.15, 0.2) is 18.7 Å². The smallest absolute Gasteiger partial charge is 0.397 e. The molecule has 3 aliphatic rings. The summed E-state index contributed by atoms with van der Waals surface area (Å²) >= 11 is 0. The molecule has 19 nitrogen and oxygen atoms in total. The number of ether oxygens (including phenoxy) is 8. The van der Waals surface area contributed by atoms with E-state index in [4.69, 9.17) is 42.4 Å². The van der Waals surface area contributed by atoms with Gasteiger partial charge in [-0.15, -0.1) is 0 Å². The number of rotatable bonds is 22. The molecule has 430 valence electrons. The number of esters is 2. The fourth-order valence-corrected chi connectivity index (χ4v) is 11.0. The molecule has 0 spiro atoms. The Hall–Kier alpha value is -1.92. The van der Waals surface area contributed by atoms with Crippen LogP contribution in [-0.4, -0.2) is 170 Å². The lowest BCUT2D eigenvalue weighted by Crippen LogP contribution is -2.62. The van der Waals surface area contributed by atoms with E-state index < -0.39 is 118 Å². The predicted octanol–water partition coefficient (Wildman–Crippen LogP) is 7.13. The number of aliphatic hydroxyl groups is 3. The third kappa shape index (κ3) is 19.8. The van der Waals surface area contributed by atoms with Crippen molar-refractivity contribution in [3.05, 3.63) is 0 Å². The highest BCUT2D eigenvalue weighted by Gasteiger charge is 2.54. The zero-order valence-corrected chi connectivity index (χ0v) is 48.2. The average Bonchev–Trinajstić information content (AvgIpc) is 3.33. The highest BCUT2D eigenvalue weighted by atomic mass is 32.3. The molecule has 20 heteroatoms. The molecule has 3 saturated heterocycles. The number of aliphatic hydroxyl groups excluding tert-OH is 2. The maximum Gasteiger partial charge on any atom is 0.397 e. The number of methoxy groups -OCH3 is 2. The molecule has 4 N–H and O–H groups in total. The molecule has 3 heterocycles. The normalized spacial score (nSPS) is 38.2. The third-order valence-electron chi connectivity index (χ3n) is 15.5. The molecule has 18 atom stereocenters. The summed E-state index contributed by atoms with van der Waals surface area (Å²) in [7, 11) is 2.56. The molecule has 3 fully saturated rings. The Morgan fingerprint density at radius 2 is 1.33 bits per heavy atom. The van der Waals surface area contributed by atoms with E-state index in [1.807, 2.05) is 32.8 Å². The number of ketones is 1. The van der Waals surface area contributed by atoms with Gasteiger partial charge in [0.05, 0.1) is 60.3 Å². The van der Waals surface area contributed by atoms with Gasteiger partial charge in [-0.25, -0.2) is 4.18 Å². The molecule has 10 unspecified atom stereocenters. The van der Waals surface area contributed by atoms with Gasteiger partial charge in [-0.05, 0) is 81.3 Å². The number of Topliss-reactive ketones (excluding diaryl/α,β-unsaturated/α-hetero) is 1. The van der Waals surface area contributed by atoms with Gasteiger partial charge in [-0.1, -0.05) is 99.3 Å². The second-order valence-electron chi connectivity index (χ2n) is 21.9. The van der Waals surface area contributed by atoms with Gasteiger partial charge in [-0.2, -0.15) is 8.42 Å². The molecular formula is C53H99NO18S. The van der Waals surface area contributed by atoms with Crippen LogP contribution in [0.1, 0.15) is 179 Å². The number of carbonyl (C=O) groups is 3. The molecule has 0 amide bonds. The van der Waals surface area contributed by atoms with Crippen molar-refractivity contribution in [1.82, 2.24) is 4.90 Å². The molecular weight excluding hydrogens is 971 g/mol. The predicted molar refractivity (Wildman–Crippen MR) is 275 cm³/mol. The summed E-state index contributed by atoms with van der Waals surface area (Å²) in [6.45, 7) is 21.1. The van der Waals surface area contributed by atoms with Gasteiger partial charge in [0, 0.05) is 44.8 Å².